The van der Waals surface area contributed by atoms with Gasteiger partial charge in [0.1, 0.15) is 10.2 Å². The molecule has 3 atom stereocenters. The average Bonchev–Trinajstić information content (AvgIpc) is 3.01. The lowest BCUT2D eigenvalue weighted by Gasteiger charge is -2.24. The van der Waals surface area contributed by atoms with Crippen LogP contribution in [0.5, 0.6) is 0 Å². The summed E-state index contributed by atoms with van der Waals surface area (Å²) < 4.78 is 16.8. The van der Waals surface area contributed by atoms with Crippen molar-refractivity contribution in [3.05, 3.63) is 34.5 Å². The molecule has 1 aromatic heterocycles. The molecule has 1 aromatic carbocycles. The van der Waals surface area contributed by atoms with E-state index in [1.165, 1.54) is 17.4 Å². The third-order valence-electron chi connectivity index (χ3n) is 4.79. The molecule has 2 aliphatic rings. The number of rotatable bonds is 5. The summed E-state index contributed by atoms with van der Waals surface area (Å²) in [6, 6.07) is 3.28. The summed E-state index contributed by atoms with van der Waals surface area (Å²) in [6.45, 7) is 0. The Hall–Kier alpha value is -0.440. The number of aromatic nitrogens is 1. The lowest BCUT2D eigenvalue weighted by molar-refractivity contribution is 0.441. The molecular weight excluding hydrogens is 462 g/mol. The van der Waals surface area contributed by atoms with Crippen molar-refractivity contribution in [2.75, 3.05) is 24.1 Å². The van der Waals surface area contributed by atoms with Crippen molar-refractivity contribution in [1.29, 1.82) is 0 Å². The van der Waals surface area contributed by atoms with Gasteiger partial charge in [-0.3, -0.25) is 0 Å². The van der Waals surface area contributed by atoms with E-state index in [9.17, 15) is 4.39 Å². The molecule has 2 aliphatic carbocycles. The first kappa shape index (κ1) is 22.2. The van der Waals surface area contributed by atoms with Crippen molar-refractivity contribution in [3.8, 4) is 0 Å². The standard InChI is InChI=1S/C16H15Cl3FN3S2.C2H7N/c17-11-6-14(25-23-15-21-3-4-24-15)12(20)7-13(11)22-8-1-2-9-10(5-8)16(9,18)19;1-3-2/h3-4,6-10,22H,1-2,5H2,(H,21,23);3H,1-2H3. The second kappa shape index (κ2) is 9.58. The van der Waals surface area contributed by atoms with Gasteiger partial charge < -0.3 is 15.4 Å². The van der Waals surface area contributed by atoms with Crippen molar-refractivity contribution >= 4 is 68.9 Å². The largest absolute Gasteiger partial charge is 0.381 e. The summed E-state index contributed by atoms with van der Waals surface area (Å²) in [5, 5.41) is 9.16. The van der Waals surface area contributed by atoms with Crippen LogP contribution in [0.1, 0.15) is 19.3 Å². The fraction of sp³-hybridized carbons (Fsp3) is 0.500. The molecule has 4 nitrogen and oxygen atoms in total. The van der Waals surface area contributed by atoms with Crippen molar-refractivity contribution in [1.82, 2.24) is 10.3 Å². The van der Waals surface area contributed by atoms with Gasteiger partial charge >= 0.3 is 0 Å². The Balaban J connectivity index is 0.000000706. The number of halogens is 4. The van der Waals surface area contributed by atoms with Gasteiger partial charge in [-0.25, -0.2) is 9.37 Å². The van der Waals surface area contributed by atoms with Crippen LogP contribution in [0.15, 0.2) is 28.6 Å². The Morgan fingerprint density at radius 2 is 2.00 bits per heavy atom. The SMILES string of the molecule is CNC.Fc1cc(NC2CCC3C(C2)C3(Cl)Cl)c(Cl)cc1SNc1nccs1. The molecule has 2 aromatic rings. The molecular formula is C18H22Cl3FN4S2. The minimum Gasteiger partial charge on any atom is -0.381 e. The predicted octanol–water partition coefficient (Wildman–Crippen LogP) is 6.27. The normalized spacial score (nSPS) is 24.6. The number of fused-ring (bicyclic) bond motifs is 1. The van der Waals surface area contributed by atoms with Gasteiger partial charge in [-0.2, -0.15) is 0 Å². The molecule has 10 heteroatoms. The smallest absolute Gasteiger partial charge is 0.192 e. The molecule has 3 unspecified atom stereocenters. The summed E-state index contributed by atoms with van der Waals surface area (Å²) in [4.78, 5) is 4.53. The number of benzene rings is 1. The van der Waals surface area contributed by atoms with Crippen LogP contribution in [0.2, 0.25) is 5.02 Å². The average molecular weight is 484 g/mol. The molecule has 0 spiro atoms. The van der Waals surface area contributed by atoms with E-state index in [0.717, 1.165) is 36.3 Å². The van der Waals surface area contributed by atoms with E-state index in [1.54, 1.807) is 12.3 Å². The summed E-state index contributed by atoms with van der Waals surface area (Å²) in [5.41, 5.74) is 0.608. The molecule has 0 bridgehead atoms. The number of anilines is 2. The molecule has 0 amide bonds. The number of alkyl halides is 2. The Morgan fingerprint density at radius 1 is 1.25 bits per heavy atom. The van der Waals surface area contributed by atoms with Gasteiger partial charge in [0.2, 0.25) is 0 Å². The first-order valence-electron chi connectivity index (χ1n) is 8.91. The second-order valence-corrected chi connectivity index (χ2v) is 10.4. The van der Waals surface area contributed by atoms with E-state index in [1.807, 2.05) is 19.5 Å². The van der Waals surface area contributed by atoms with Crippen LogP contribution in [0.4, 0.5) is 15.2 Å². The zero-order chi connectivity index (χ0) is 20.3. The fourth-order valence-electron chi connectivity index (χ4n) is 3.42. The third kappa shape index (κ3) is 5.18. The minimum atomic E-state index is -0.576. The van der Waals surface area contributed by atoms with E-state index in [0.29, 0.717) is 27.4 Å². The maximum Gasteiger partial charge on any atom is 0.192 e. The van der Waals surface area contributed by atoms with E-state index < -0.39 is 4.33 Å². The van der Waals surface area contributed by atoms with Crippen LogP contribution in [-0.4, -0.2) is 29.5 Å². The van der Waals surface area contributed by atoms with Gasteiger partial charge in [0.25, 0.3) is 0 Å². The summed E-state index contributed by atoms with van der Waals surface area (Å²) in [7, 11) is 3.75. The zero-order valence-electron chi connectivity index (χ0n) is 15.4. The highest BCUT2D eigenvalue weighted by atomic mass is 35.5. The molecule has 2 fully saturated rings. The van der Waals surface area contributed by atoms with Crippen LogP contribution < -0.4 is 15.4 Å². The molecule has 0 saturated heterocycles. The van der Waals surface area contributed by atoms with Crippen LogP contribution in [-0.2, 0) is 0 Å². The van der Waals surface area contributed by atoms with Gasteiger partial charge in [-0.05, 0) is 69.3 Å². The molecule has 28 heavy (non-hydrogen) atoms. The third-order valence-corrected chi connectivity index (χ3v) is 7.87. The van der Waals surface area contributed by atoms with Crippen molar-refractivity contribution in [2.24, 2.45) is 11.8 Å². The Morgan fingerprint density at radius 3 is 2.64 bits per heavy atom. The fourth-order valence-corrected chi connectivity index (χ4v) is 5.86. The molecule has 4 rings (SSSR count). The van der Waals surface area contributed by atoms with Crippen LogP contribution in [0.25, 0.3) is 0 Å². The first-order valence-corrected chi connectivity index (χ1v) is 11.7. The maximum atomic E-state index is 14.4. The number of hydrogen-bond donors (Lipinski definition) is 3. The van der Waals surface area contributed by atoms with Gasteiger partial charge in [0.15, 0.2) is 5.13 Å². The maximum absolute atomic E-state index is 14.4. The number of nitrogens with zero attached hydrogens (tertiary/aromatic N) is 1. The molecule has 0 radical (unpaired) electrons. The highest BCUT2D eigenvalue weighted by molar-refractivity contribution is 8.00. The number of hydrogen-bond acceptors (Lipinski definition) is 6. The zero-order valence-corrected chi connectivity index (χ0v) is 19.3. The topological polar surface area (TPSA) is 49.0 Å². The summed E-state index contributed by atoms with van der Waals surface area (Å²) in [5.74, 6) is 0.393. The van der Waals surface area contributed by atoms with Crippen molar-refractivity contribution in [2.45, 2.75) is 34.5 Å². The van der Waals surface area contributed by atoms with E-state index in [-0.39, 0.29) is 11.9 Å². The highest BCUT2D eigenvalue weighted by Crippen LogP contribution is 2.65. The highest BCUT2D eigenvalue weighted by Gasteiger charge is 2.64. The van der Waals surface area contributed by atoms with Gasteiger partial charge in [-0.1, -0.05) is 11.6 Å². The molecule has 154 valence electrons. The van der Waals surface area contributed by atoms with Gasteiger partial charge in [0, 0.05) is 17.6 Å². The quantitative estimate of drug-likeness (QED) is 0.345. The predicted molar refractivity (Wildman–Crippen MR) is 121 cm³/mol. The first-order chi connectivity index (χ1) is 13.4. The second-order valence-electron chi connectivity index (χ2n) is 6.85. The van der Waals surface area contributed by atoms with E-state index in [4.69, 9.17) is 34.8 Å². The van der Waals surface area contributed by atoms with Gasteiger partial charge in [-0.15, -0.1) is 34.5 Å². The van der Waals surface area contributed by atoms with Crippen LogP contribution in [0.3, 0.4) is 0 Å². The monoisotopic (exact) mass is 482 g/mol. The lowest BCUT2D eigenvalue weighted by atomic mass is 9.95. The van der Waals surface area contributed by atoms with Gasteiger partial charge in [0.05, 0.1) is 15.6 Å². The number of nitrogens with one attached hydrogen (secondary N) is 3. The van der Waals surface area contributed by atoms with Crippen LogP contribution in [0, 0.1) is 17.7 Å². The van der Waals surface area contributed by atoms with E-state index >= 15 is 0 Å². The minimum absolute atomic E-state index is 0.212. The Kier molecular flexibility index (Phi) is 7.61. The molecule has 1 heterocycles. The lowest BCUT2D eigenvalue weighted by Crippen LogP contribution is -2.24. The van der Waals surface area contributed by atoms with Crippen LogP contribution >= 0.6 is 58.1 Å². The summed E-state index contributed by atoms with van der Waals surface area (Å²) in [6.07, 6.45) is 4.52. The van der Waals surface area contributed by atoms with Crippen molar-refractivity contribution < 1.29 is 4.39 Å². The number of thiazole rings is 1. The Labute approximate surface area is 188 Å². The molecule has 0 aliphatic heterocycles. The molecule has 3 N–H and O–H groups in total. The molecule has 2 saturated carbocycles. The van der Waals surface area contributed by atoms with Crippen molar-refractivity contribution in [3.63, 3.8) is 0 Å². The van der Waals surface area contributed by atoms with E-state index in [2.05, 4.69) is 20.3 Å². The Bertz CT molecular complexity index is 791. The summed E-state index contributed by atoms with van der Waals surface area (Å²) >= 11 is 21.5.